The second-order valence-corrected chi connectivity index (χ2v) is 8.32. The zero-order valence-corrected chi connectivity index (χ0v) is 19.2. The second-order valence-electron chi connectivity index (χ2n) is 8.32. The molecule has 0 aliphatic carbocycles. The van der Waals surface area contributed by atoms with Crippen LogP contribution in [0.25, 0.3) is 0 Å². The predicted molar refractivity (Wildman–Crippen MR) is 132 cm³/mol. The van der Waals surface area contributed by atoms with Gasteiger partial charge in [0, 0.05) is 6.42 Å². The lowest BCUT2D eigenvalue weighted by Gasteiger charge is -2.17. The first kappa shape index (κ1) is 23.7. The van der Waals surface area contributed by atoms with Gasteiger partial charge in [0.15, 0.2) is 0 Å². The normalized spacial score (nSPS) is 15.9. The Morgan fingerprint density at radius 3 is 2.26 bits per heavy atom. The highest BCUT2D eigenvalue weighted by Crippen LogP contribution is 2.19. The molecule has 0 saturated carbocycles. The van der Waals surface area contributed by atoms with Crippen LogP contribution in [0, 0.1) is 0 Å². The van der Waals surface area contributed by atoms with Gasteiger partial charge in [-0.05, 0) is 30.2 Å². The summed E-state index contributed by atoms with van der Waals surface area (Å²) in [5, 5.41) is 8.22. The molecular weight excluding hydrogens is 444 g/mol. The van der Waals surface area contributed by atoms with Crippen molar-refractivity contribution in [2.24, 2.45) is 0 Å². The van der Waals surface area contributed by atoms with Crippen LogP contribution in [0.15, 0.2) is 84.9 Å². The molecule has 1 heterocycles. The van der Waals surface area contributed by atoms with Crippen LogP contribution in [0.4, 0.5) is 10.5 Å². The molecule has 178 valence electrons. The number of rotatable bonds is 8. The van der Waals surface area contributed by atoms with Crippen LogP contribution in [0.5, 0.6) is 0 Å². The molecule has 4 rings (SSSR count). The van der Waals surface area contributed by atoms with E-state index in [0.717, 1.165) is 16.0 Å². The Kier molecular flexibility index (Phi) is 7.21. The molecule has 3 N–H and O–H groups in total. The number of hydrogen-bond acceptors (Lipinski definition) is 4. The lowest BCUT2D eigenvalue weighted by Crippen LogP contribution is -2.39. The van der Waals surface area contributed by atoms with Crippen molar-refractivity contribution in [2.75, 3.05) is 11.9 Å². The molecule has 8 heteroatoms. The molecule has 3 aromatic rings. The maximum absolute atomic E-state index is 12.9. The van der Waals surface area contributed by atoms with Crippen molar-refractivity contribution in [3.63, 3.8) is 0 Å². The zero-order valence-electron chi connectivity index (χ0n) is 19.2. The Balaban J connectivity index is 1.39. The molecule has 5 amide bonds. The van der Waals surface area contributed by atoms with Crippen molar-refractivity contribution < 1.29 is 19.2 Å². The van der Waals surface area contributed by atoms with E-state index in [2.05, 4.69) is 16.0 Å². The number of carbonyl (C=O) groups excluding carboxylic acids is 4. The monoisotopic (exact) mass is 470 g/mol. The molecule has 1 aliphatic rings. The smallest absolute Gasteiger partial charge is 0.325 e. The van der Waals surface area contributed by atoms with Gasteiger partial charge in [0.2, 0.25) is 5.91 Å². The average molecular weight is 471 g/mol. The molecule has 35 heavy (non-hydrogen) atoms. The van der Waals surface area contributed by atoms with E-state index in [9.17, 15) is 19.2 Å². The van der Waals surface area contributed by atoms with Crippen LogP contribution in [0.3, 0.4) is 0 Å². The summed E-state index contributed by atoms with van der Waals surface area (Å²) in [6.07, 6.45) is 0.339. The Labute approximate surface area is 203 Å². The lowest BCUT2D eigenvalue weighted by molar-refractivity contribution is -0.130. The van der Waals surface area contributed by atoms with Gasteiger partial charge in [-0.25, -0.2) is 4.79 Å². The standard InChI is InChI=1S/C27H26N4O4/c1-18(20-12-6-3-7-13-20)28-25(33)21-14-8-9-15-22(21)29-24(32)17-31-26(34)23(30-27(31)35)16-19-10-4-2-5-11-19/h2-15,18,23H,16-17H2,1H3,(H,28,33)(H,29,32)(H,30,35)/t18-,23+/m0/s1. The lowest BCUT2D eigenvalue weighted by atomic mass is 10.1. The Hall–Kier alpha value is -4.46. The van der Waals surface area contributed by atoms with Crippen molar-refractivity contribution in [1.29, 1.82) is 0 Å². The molecule has 1 fully saturated rings. The van der Waals surface area contributed by atoms with Gasteiger partial charge in [0.1, 0.15) is 12.6 Å². The molecule has 2 atom stereocenters. The summed E-state index contributed by atoms with van der Waals surface area (Å²) in [7, 11) is 0. The van der Waals surface area contributed by atoms with Crippen molar-refractivity contribution in [2.45, 2.75) is 25.4 Å². The SMILES string of the molecule is C[C@H](NC(=O)c1ccccc1NC(=O)CN1C(=O)N[C@H](Cc2ccccc2)C1=O)c1ccccc1. The van der Waals surface area contributed by atoms with Crippen LogP contribution in [0.1, 0.15) is 34.5 Å². The van der Waals surface area contributed by atoms with Gasteiger partial charge < -0.3 is 16.0 Å². The van der Waals surface area contributed by atoms with Crippen molar-refractivity contribution in [3.8, 4) is 0 Å². The first-order valence-corrected chi connectivity index (χ1v) is 11.3. The summed E-state index contributed by atoms with van der Waals surface area (Å²) in [5.74, 6) is -1.39. The fourth-order valence-electron chi connectivity index (χ4n) is 3.94. The zero-order chi connectivity index (χ0) is 24.8. The minimum atomic E-state index is -0.727. The number of benzene rings is 3. The Morgan fingerprint density at radius 1 is 0.914 bits per heavy atom. The van der Waals surface area contributed by atoms with Crippen molar-refractivity contribution >= 4 is 29.4 Å². The number of anilines is 1. The van der Waals surface area contributed by atoms with E-state index in [-0.39, 0.29) is 17.5 Å². The third-order valence-electron chi connectivity index (χ3n) is 5.78. The molecule has 0 unspecified atom stereocenters. The number of nitrogens with zero attached hydrogens (tertiary/aromatic N) is 1. The maximum atomic E-state index is 12.9. The minimum Gasteiger partial charge on any atom is -0.345 e. The Bertz CT molecular complexity index is 1230. The van der Waals surface area contributed by atoms with Gasteiger partial charge in [0.05, 0.1) is 17.3 Å². The van der Waals surface area contributed by atoms with Crippen LogP contribution in [0.2, 0.25) is 0 Å². The summed E-state index contributed by atoms with van der Waals surface area (Å²) >= 11 is 0. The third-order valence-corrected chi connectivity index (χ3v) is 5.78. The maximum Gasteiger partial charge on any atom is 0.325 e. The van der Waals surface area contributed by atoms with Crippen molar-refractivity contribution in [3.05, 3.63) is 102 Å². The van der Waals surface area contributed by atoms with E-state index in [1.165, 1.54) is 0 Å². The van der Waals surface area contributed by atoms with E-state index in [1.54, 1.807) is 24.3 Å². The molecule has 0 bridgehead atoms. The number of carbonyl (C=O) groups is 4. The van der Waals surface area contributed by atoms with Gasteiger partial charge >= 0.3 is 6.03 Å². The number of hydrogen-bond donors (Lipinski definition) is 3. The molecule has 1 aliphatic heterocycles. The molecule has 0 radical (unpaired) electrons. The minimum absolute atomic E-state index is 0.236. The number of nitrogens with one attached hydrogen (secondary N) is 3. The number of imide groups is 1. The fourth-order valence-corrected chi connectivity index (χ4v) is 3.94. The van der Waals surface area contributed by atoms with Gasteiger partial charge in [-0.15, -0.1) is 0 Å². The van der Waals surface area contributed by atoms with Crippen LogP contribution < -0.4 is 16.0 Å². The molecule has 3 aromatic carbocycles. The Morgan fingerprint density at radius 2 is 1.54 bits per heavy atom. The first-order valence-electron chi connectivity index (χ1n) is 11.3. The largest absolute Gasteiger partial charge is 0.345 e. The average Bonchev–Trinajstić information content (AvgIpc) is 3.12. The molecule has 0 aromatic heterocycles. The van der Waals surface area contributed by atoms with E-state index in [1.807, 2.05) is 67.6 Å². The van der Waals surface area contributed by atoms with E-state index in [0.29, 0.717) is 12.1 Å². The second kappa shape index (κ2) is 10.6. The summed E-state index contributed by atoms with van der Waals surface area (Å²) in [6.45, 7) is 1.42. The van der Waals surface area contributed by atoms with Gasteiger partial charge in [-0.3, -0.25) is 19.3 Å². The molecule has 1 saturated heterocycles. The van der Waals surface area contributed by atoms with E-state index in [4.69, 9.17) is 0 Å². The fraction of sp³-hybridized carbons (Fsp3) is 0.185. The van der Waals surface area contributed by atoms with Gasteiger partial charge in [-0.1, -0.05) is 72.8 Å². The number of urea groups is 1. The molecular formula is C27H26N4O4. The first-order chi connectivity index (χ1) is 16.9. The number of amides is 5. The van der Waals surface area contributed by atoms with Gasteiger partial charge in [0.25, 0.3) is 11.8 Å². The van der Waals surface area contributed by atoms with Gasteiger partial charge in [-0.2, -0.15) is 0 Å². The quantitative estimate of drug-likeness (QED) is 0.439. The van der Waals surface area contributed by atoms with Crippen molar-refractivity contribution in [1.82, 2.24) is 15.5 Å². The molecule has 8 nitrogen and oxygen atoms in total. The highest BCUT2D eigenvalue weighted by molar-refractivity contribution is 6.09. The van der Waals surface area contributed by atoms with Crippen LogP contribution in [-0.4, -0.2) is 41.2 Å². The predicted octanol–water partition coefficient (Wildman–Crippen LogP) is 3.28. The third kappa shape index (κ3) is 5.73. The van der Waals surface area contributed by atoms with Crippen LogP contribution >= 0.6 is 0 Å². The summed E-state index contributed by atoms with van der Waals surface area (Å²) in [5.41, 5.74) is 2.43. The highest BCUT2D eigenvalue weighted by Gasteiger charge is 2.38. The summed E-state index contributed by atoms with van der Waals surface area (Å²) in [6, 6.07) is 23.9. The van der Waals surface area contributed by atoms with E-state index < -0.39 is 30.4 Å². The topological polar surface area (TPSA) is 108 Å². The summed E-state index contributed by atoms with van der Waals surface area (Å²) in [4.78, 5) is 51.6. The van der Waals surface area contributed by atoms with Crippen LogP contribution in [-0.2, 0) is 16.0 Å². The van der Waals surface area contributed by atoms with E-state index >= 15 is 0 Å². The summed E-state index contributed by atoms with van der Waals surface area (Å²) < 4.78 is 0. The number of para-hydroxylation sites is 1. The molecule has 0 spiro atoms. The highest BCUT2D eigenvalue weighted by atomic mass is 16.2.